The summed E-state index contributed by atoms with van der Waals surface area (Å²) in [5.74, 6) is 0.624. The van der Waals surface area contributed by atoms with Crippen LogP contribution >= 0.6 is 11.3 Å². The number of aliphatic hydroxyl groups is 1. The minimum Gasteiger partial charge on any atom is -0.391 e. The van der Waals surface area contributed by atoms with Gasteiger partial charge in [-0.15, -0.1) is 11.3 Å². The van der Waals surface area contributed by atoms with E-state index in [0.29, 0.717) is 31.3 Å². The lowest BCUT2D eigenvalue weighted by Crippen LogP contribution is -2.48. The summed E-state index contributed by atoms with van der Waals surface area (Å²) in [5.41, 5.74) is 0.776. The van der Waals surface area contributed by atoms with E-state index in [2.05, 4.69) is 5.32 Å². The number of nitrogens with one attached hydrogen (secondary N) is 1. The summed E-state index contributed by atoms with van der Waals surface area (Å²) in [7, 11) is 0. The Kier molecular flexibility index (Phi) is 4.25. The average Bonchev–Trinajstić information content (AvgIpc) is 3.18. The van der Waals surface area contributed by atoms with E-state index in [1.807, 2.05) is 34.5 Å². The molecule has 1 aliphatic carbocycles. The molecule has 132 valence electrons. The number of benzene rings is 1. The third-order valence-electron chi connectivity index (χ3n) is 5.53. The van der Waals surface area contributed by atoms with Gasteiger partial charge in [0.1, 0.15) is 0 Å². The number of carbonyl (C=O) groups is 2. The normalized spacial score (nSPS) is 28.8. The summed E-state index contributed by atoms with van der Waals surface area (Å²) in [6.07, 6.45) is 0.853. The van der Waals surface area contributed by atoms with Crippen molar-refractivity contribution in [1.29, 1.82) is 0 Å². The first-order valence-electron chi connectivity index (χ1n) is 8.73. The lowest BCUT2D eigenvalue weighted by Gasteiger charge is -2.35. The van der Waals surface area contributed by atoms with Crippen LogP contribution in [0.1, 0.15) is 30.1 Å². The maximum atomic E-state index is 13.0. The minimum absolute atomic E-state index is 0.0809. The van der Waals surface area contributed by atoms with E-state index in [0.717, 1.165) is 22.1 Å². The second-order valence-electron chi connectivity index (χ2n) is 7.22. The van der Waals surface area contributed by atoms with E-state index in [9.17, 15) is 14.7 Å². The van der Waals surface area contributed by atoms with Crippen LogP contribution in [-0.2, 0) is 4.79 Å². The molecule has 0 radical (unpaired) electrons. The van der Waals surface area contributed by atoms with Gasteiger partial charge >= 0.3 is 0 Å². The van der Waals surface area contributed by atoms with E-state index < -0.39 is 6.10 Å². The van der Waals surface area contributed by atoms with Gasteiger partial charge in [-0.1, -0.05) is 18.2 Å². The molecule has 0 unspecified atom stereocenters. The Hall–Kier alpha value is -1.92. The van der Waals surface area contributed by atoms with Crippen molar-refractivity contribution in [2.45, 2.75) is 31.9 Å². The fraction of sp³-hybridized carbons (Fsp3) is 0.474. The van der Waals surface area contributed by atoms with E-state index in [1.165, 1.54) is 6.92 Å². The van der Waals surface area contributed by atoms with E-state index in [4.69, 9.17) is 0 Å². The molecular formula is C19H22N2O3S. The van der Waals surface area contributed by atoms with Crippen molar-refractivity contribution in [2.75, 3.05) is 13.1 Å². The Morgan fingerprint density at radius 1 is 1.20 bits per heavy atom. The van der Waals surface area contributed by atoms with Crippen LogP contribution in [0.5, 0.6) is 0 Å². The number of fused-ring (bicyclic) bond motifs is 2. The summed E-state index contributed by atoms with van der Waals surface area (Å²) < 4.78 is 1.13. The van der Waals surface area contributed by atoms with Crippen molar-refractivity contribution in [2.24, 2.45) is 11.8 Å². The van der Waals surface area contributed by atoms with Crippen LogP contribution in [0.3, 0.4) is 0 Å². The van der Waals surface area contributed by atoms with Crippen LogP contribution in [0.25, 0.3) is 10.1 Å². The molecule has 6 heteroatoms. The van der Waals surface area contributed by atoms with Gasteiger partial charge in [-0.2, -0.15) is 0 Å². The molecule has 4 atom stereocenters. The molecule has 1 saturated carbocycles. The zero-order valence-corrected chi connectivity index (χ0v) is 15.0. The van der Waals surface area contributed by atoms with Gasteiger partial charge in [0.05, 0.1) is 17.7 Å². The number of hydrogen-bond donors (Lipinski definition) is 2. The predicted octanol–water partition coefficient (Wildman–Crippen LogP) is 2.25. The molecular weight excluding hydrogens is 336 g/mol. The van der Waals surface area contributed by atoms with Crippen LogP contribution in [0.2, 0.25) is 0 Å². The second kappa shape index (κ2) is 6.42. The van der Waals surface area contributed by atoms with Crippen molar-refractivity contribution in [3.63, 3.8) is 0 Å². The summed E-state index contributed by atoms with van der Waals surface area (Å²) in [5, 5.41) is 16.1. The summed E-state index contributed by atoms with van der Waals surface area (Å²) in [6.45, 7) is 2.87. The Bertz CT molecular complexity index is 818. The Morgan fingerprint density at radius 2 is 1.92 bits per heavy atom. The molecule has 2 heterocycles. The molecule has 0 spiro atoms. The largest absolute Gasteiger partial charge is 0.391 e. The number of carbonyl (C=O) groups excluding carboxylic acids is 2. The van der Waals surface area contributed by atoms with Gasteiger partial charge in [-0.25, -0.2) is 0 Å². The highest BCUT2D eigenvalue weighted by atomic mass is 32.1. The summed E-state index contributed by atoms with van der Waals surface area (Å²) in [6, 6.07) is 7.79. The second-order valence-corrected chi connectivity index (χ2v) is 8.13. The fourth-order valence-corrected chi connectivity index (χ4v) is 5.26. The molecule has 1 aromatic heterocycles. The number of aliphatic hydroxyl groups excluding tert-OH is 1. The number of thiophene rings is 1. The molecule has 2 N–H and O–H groups in total. The fourth-order valence-electron chi connectivity index (χ4n) is 4.33. The first-order chi connectivity index (χ1) is 12.0. The lowest BCUT2D eigenvalue weighted by atomic mass is 9.77. The van der Waals surface area contributed by atoms with E-state index in [-0.39, 0.29) is 17.9 Å². The Balaban J connectivity index is 1.50. The molecule has 1 aliphatic heterocycles. The minimum atomic E-state index is -0.526. The summed E-state index contributed by atoms with van der Waals surface area (Å²) >= 11 is 1.60. The SMILES string of the molecule is CC(=O)N[C@@H]1C[C@@H]2CN(C(=O)c3csc4ccccc34)C[C@@H]2C[C@H]1O. The van der Waals surface area contributed by atoms with Crippen molar-refractivity contribution in [3.8, 4) is 0 Å². The molecule has 2 aromatic rings. The van der Waals surface area contributed by atoms with Crippen LogP contribution in [0, 0.1) is 11.8 Å². The van der Waals surface area contributed by atoms with E-state index in [1.54, 1.807) is 11.3 Å². The highest BCUT2D eigenvalue weighted by Gasteiger charge is 2.43. The molecule has 5 nitrogen and oxygen atoms in total. The van der Waals surface area contributed by atoms with Crippen LogP contribution in [0.15, 0.2) is 29.6 Å². The number of rotatable bonds is 2. The lowest BCUT2D eigenvalue weighted by molar-refractivity contribution is -0.121. The standard InChI is InChI=1S/C19H22N2O3S/c1-11(22)20-16-6-12-8-21(9-13(12)7-17(16)23)19(24)15-10-25-18-5-3-2-4-14(15)18/h2-5,10,12-13,16-17,23H,6-9H2,1H3,(H,20,22)/t12-,13+,16-,17-/m1/s1. The Morgan fingerprint density at radius 3 is 2.68 bits per heavy atom. The van der Waals surface area contributed by atoms with Crippen molar-refractivity contribution < 1.29 is 14.7 Å². The molecule has 0 bridgehead atoms. The molecule has 1 saturated heterocycles. The van der Waals surface area contributed by atoms with Gasteiger partial charge in [0.25, 0.3) is 5.91 Å². The van der Waals surface area contributed by atoms with Crippen LogP contribution in [0.4, 0.5) is 0 Å². The molecule has 4 rings (SSSR count). The van der Waals surface area contributed by atoms with Gasteiger partial charge in [0, 0.05) is 35.5 Å². The molecule has 1 aromatic carbocycles. The van der Waals surface area contributed by atoms with Gasteiger partial charge < -0.3 is 15.3 Å². The highest BCUT2D eigenvalue weighted by Crippen LogP contribution is 2.38. The molecule has 2 fully saturated rings. The summed E-state index contributed by atoms with van der Waals surface area (Å²) in [4.78, 5) is 26.2. The average molecular weight is 358 g/mol. The first kappa shape index (κ1) is 16.5. The zero-order valence-electron chi connectivity index (χ0n) is 14.1. The maximum absolute atomic E-state index is 13.0. The maximum Gasteiger partial charge on any atom is 0.255 e. The molecule has 25 heavy (non-hydrogen) atoms. The quantitative estimate of drug-likeness (QED) is 0.865. The van der Waals surface area contributed by atoms with Crippen molar-refractivity contribution >= 4 is 33.2 Å². The third-order valence-corrected chi connectivity index (χ3v) is 6.49. The van der Waals surface area contributed by atoms with Gasteiger partial charge in [0.2, 0.25) is 5.91 Å². The van der Waals surface area contributed by atoms with Crippen molar-refractivity contribution in [1.82, 2.24) is 10.2 Å². The topological polar surface area (TPSA) is 69.6 Å². The number of nitrogens with zero attached hydrogens (tertiary/aromatic N) is 1. The van der Waals surface area contributed by atoms with Gasteiger partial charge in [-0.05, 0) is 30.7 Å². The van der Waals surface area contributed by atoms with Crippen LogP contribution < -0.4 is 5.32 Å². The van der Waals surface area contributed by atoms with Gasteiger partial charge in [-0.3, -0.25) is 9.59 Å². The smallest absolute Gasteiger partial charge is 0.255 e. The number of likely N-dealkylation sites (tertiary alicyclic amines) is 1. The molecule has 2 amide bonds. The van der Waals surface area contributed by atoms with Crippen molar-refractivity contribution in [3.05, 3.63) is 35.2 Å². The number of hydrogen-bond acceptors (Lipinski definition) is 4. The number of amides is 2. The van der Waals surface area contributed by atoms with Gasteiger partial charge in [0.15, 0.2) is 0 Å². The molecule has 2 aliphatic rings. The van der Waals surface area contributed by atoms with E-state index >= 15 is 0 Å². The third kappa shape index (κ3) is 3.04. The van der Waals surface area contributed by atoms with Crippen LogP contribution in [-0.4, -0.2) is 47.1 Å². The monoisotopic (exact) mass is 358 g/mol. The highest BCUT2D eigenvalue weighted by molar-refractivity contribution is 7.17. The zero-order chi connectivity index (χ0) is 17.6. The Labute approximate surface area is 150 Å². The predicted molar refractivity (Wildman–Crippen MR) is 97.6 cm³/mol. The first-order valence-corrected chi connectivity index (χ1v) is 9.61.